The van der Waals surface area contributed by atoms with E-state index in [0.29, 0.717) is 0 Å². The van der Waals surface area contributed by atoms with Gasteiger partial charge < -0.3 is 9.64 Å². The normalized spacial score (nSPS) is 19.0. The molecule has 1 aliphatic heterocycles. The number of carbonyl (C=O) groups excluding carboxylic acids is 1. The van der Waals surface area contributed by atoms with Crippen LogP contribution in [0.1, 0.15) is 19.8 Å². The third-order valence-electron chi connectivity index (χ3n) is 2.12. The first-order valence-electron chi connectivity index (χ1n) is 4.65. The molecular weight excluding hydrogens is 168 g/mol. The van der Waals surface area contributed by atoms with E-state index < -0.39 is 0 Å². The molecule has 4 heteroatoms. The molecule has 1 heterocycles. The minimum atomic E-state index is -0.282. The van der Waals surface area contributed by atoms with E-state index in [1.54, 1.807) is 14.1 Å². The lowest BCUT2D eigenvalue weighted by molar-refractivity contribution is 0.0758. The monoisotopic (exact) mass is 185 g/mol. The summed E-state index contributed by atoms with van der Waals surface area (Å²) in [6.07, 6.45) is 2.51. The first-order valence-corrected chi connectivity index (χ1v) is 4.65. The van der Waals surface area contributed by atoms with E-state index in [4.69, 9.17) is 4.74 Å². The molecule has 1 radical (unpaired) electrons. The number of likely N-dealkylation sites (tertiary alicyclic amines) is 1. The first kappa shape index (κ1) is 10.3. The molecule has 0 atom stereocenters. The zero-order valence-corrected chi connectivity index (χ0v) is 8.54. The molecule has 0 saturated carbocycles. The Hall–Kier alpha value is -0.770. The van der Waals surface area contributed by atoms with Gasteiger partial charge in [-0.3, -0.25) is 4.90 Å². The predicted octanol–water partition coefficient (Wildman–Crippen LogP) is 1.29. The summed E-state index contributed by atoms with van der Waals surface area (Å²) >= 11 is 0. The van der Waals surface area contributed by atoms with Crippen molar-refractivity contribution in [3.63, 3.8) is 0 Å². The molecule has 0 aromatic carbocycles. The van der Waals surface area contributed by atoms with Crippen molar-refractivity contribution >= 4 is 6.09 Å². The fourth-order valence-corrected chi connectivity index (χ4v) is 1.35. The second-order valence-corrected chi connectivity index (χ2v) is 3.34. The van der Waals surface area contributed by atoms with Crippen molar-refractivity contribution < 1.29 is 9.53 Å². The SMILES string of the molecule is CCN1CCC[C]1OC(=O)N(C)C. The highest BCUT2D eigenvalue weighted by Gasteiger charge is 2.28. The molecule has 1 amide bonds. The van der Waals surface area contributed by atoms with Gasteiger partial charge in [0, 0.05) is 27.1 Å². The standard InChI is InChI=1S/C9H17N2O2/c1-4-11-7-5-6-8(11)13-9(12)10(2)3/h4-7H2,1-3H3. The van der Waals surface area contributed by atoms with Crippen LogP contribution >= 0.6 is 0 Å². The van der Waals surface area contributed by atoms with Crippen LogP contribution < -0.4 is 0 Å². The number of rotatable bonds is 2. The zero-order chi connectivity index (χ0) is 9.84. The van der Waals surface area contributed by atoms with Crippen molar-refractivity contribution in [1.29, 1.82) is 0 Å². The number of amides is 1. The second-order valence-electron chi connectivity index (χ2n) is 3.34. The van der Waals surface area contributed by atoms with Crippen LogP contribution in [0.5, 0.6) is 0 Å². The van der Waals surface area contributed by atoms with E-state index in [9.17, 15) is 4.79 Å². The minimum absolute atomic E-state index is 0.282. The summed E-state index contributed by atoms with van der Waals surface area (Å²) in [6, 6.07) is 0. The number of ether oxygens (including phenoxy) is 1. The average molecular weight is 185 g/mol. The summed E-state index contributed by atoms with van der Waals surface area (Å²) in [5, 5.41) is 0. The summed E-state index contributed by atoms with van der Waals surface area (Å²) < 4.78 is 5.21. The van der Waals surface area contributed by atoms with Crippen LogP contribution in [-0.4, -0.2) is 43.1 Å². The van der Waals surface area contributed by atoms with Crippen molar-refractivity contribution in [3.05, 3.63) is 6.23 Å². The molecule has 0 aromatic heterocycles. The largest absolute Gasteiger partial charge is 0.421 e. The maximum Gasteiger partial charge on any atom is 0.411 e. The zero-order valence-electron chi connectivity index (χ0n) is 8.54. The number of carbonyl (C=O) groups is 1. The molecule has 1 saturated heterocycles. The molecule has 0 aromatic rings. The van der Waals surface area contributed by atoms with Crippen LogP contribution in [0.3, 0.4) is 0 Å². The molecule has 0 bridgehead atoms. The molecule has 13 heavy (non-hydrogen) atoms. The lowest BCUT2D eigenvalue weighted by Gasteiger charge is -2.22. The van der Waals surface area contributed by atoms with E-state index in [0.717, 1.165) is 32.2 Å². The van der Waals surface area contributed by atoms with Gasteiger partial charge in [0.25, 0.3) is 0 Å². The van der Waals surface area contributed by atoms with Crippen molar-refractivity contribution in [3.8, 4) is 0 Å². The topological polar surface area (TPSA) is 32.8 Å². The Balaban J connectivity index is 2.39. The van der Waals surface area contributed by atoms with Gasteiger partial charge >= 0.3 is 6.09 Å². The molecule has 1 fully saturated rings. The van der Waals surface area contributed by atoms with E-state index in [1.807, 2.05) is 0 Å². The summed E-state index contributed by atoms with van der Waals surface area (Å²) in [5.41, 5.74) is 0. The van der Waals surface area contributed by atoms with E-state index in [1.165, 1.54) is 4.90 Å². The molecule has 75 valence electrons. The van der Waals surface area contributed by atoms with E-state index in [2.05, 4.69) is 11.8 Å². The predicted molar refractivity (Wildman–Crippen MR) is 49.9 cm³/mol. The molecule has 0 aliphatic carbocycles. The number of nitrogens with zero attached hydrogens (tertiary/aromatic N) is 2. The Morgan fingerprint density at radius 3 is 2.85 bits per heavy atom. The van der Waals surface area contributed by atoms with Gasteiger partial charge in [0.1, 0.15) is 0 Å². The highest BCUT2D eigenvalue weighted by molar-refractivity contribution is 5.67. The Bertz CT molecular complexity index is 182. The smallest absolute Gasteiger partial charge is 0.411 e. The fraction of sp³-hybridized carbons (Fsp3) is 0.778. The molecule has 0 unspecified atom stereocenters. The Morgan fingerprint density at radius 1 is 1.62 bits per heavy atom. The Labute approximate surface area is 79.4 Å². The van der Waals surface area contributed by atoms with Gasteiger partial charge in [0.05, 0.1) is 0 Å². The maximum absolute atomic E-state index is 11.2. The van der Waals surface area contributed by atoms with Gasteiger partial charge in [-0.25, -0.2) is 4.79 Å². The number of hydrogen-bond acceptors (Lipinski definition) is 3. The third kappa shape index (κ3) is 2.59. The van der Waals surface area contributed by atoms with Gasteiger partial charge in [-0.1, -0.05) is 6.92 Å². The summed E-state index contributed by atoms with van der Waals surface area (Å²) in [7, 11) is 3.38. The van der Waals surface area contributed by atoms with Crippen LogP contribution in [0.2, 0.25) is 0 Å². The van der Waals surface area contributed by atoms with Crippen LogP contribution in [0.4, 0.5) is 4.79 Å². The van der Waals surface area contributed by atoms with Gasteiger partial charge in [-0.2, -0.15) is 0 Å². The molecular formula is C9H17N2O2. The molecule has 1 rings (SSSR count). The van der Waals surface area contributed by atoms with E-state index in [-0.39, 0.29) is 6.09 Å². The molecule has 0 N–H and O–H groups in total. The number of hydrogen-bond donors (Lipinski definition) is 0. The molecule has 0 spiro atoms. The quantitative estimate of drug-likeness (QED) is 0.650. The molecule has 4 nitrogen and oxygen atoms in total. The first-order chi connectivity index (χ1) is 6.15. The fourth-order valence-electron chi connectivity index (χ4n) is 1.35. The summed E-state index contributed by atoms with van der Waals surface area (Å²) in [6.45, 7) is 3.98. The van der Waals surface area contributed by atoms with Gasteiger partial charge in [0.15, 0.2) is 0 Å². The lowest BCUT2D eigenvalue weighted by Crippen LogP contribution is -2.31. The van der Waals surface area contributed by atoms with Crippen LogP contribution in [0, 0.1) is 6.23 Å². The summed E-state index contributed by atoms with van der Waals surface area (Å²) in [5.74, 6) is 0. The van der Waals surface area contributed by atoms with Crippen molar-refractivity contribution in [2.24, 2.45) is 0 Å². The van der Waals surface area contributed by atoms with E-state index >= 15 is 0 Å². The second kappa shape index (κ2) is 4.46. The van der Waals surface area contributed by atoms with Crippen molar-refractivity contribution in [1.82, 2.24) is 9.80 Å². The maximum atomic E-state index is 11.2. The van der Waals surface area contributed by atoms with Crippen LogP contribution in [0.15, 0.2) is 0 Å². The highest BCUT2D eigenvalue weighted by Crippen LogP contribution is 2.24. The van der Waals surface area contributed by atoms with Gasteiger partial charge in [-0.15, -0.1) is 0 Å². The summed E-state index contributed by atoms with van der Waals surface area (Å²) in [4.78, 5) is 14.8. The van der Waals surface area contributed by atoms with Crippen molar-refractivity contribution in [2.75, 3.05) is 27.2 Å². The Kier molecular flexibility index (Phi) is 3.54. The van der Waals surface area contributed by atoms with Gasteiger partial charge in [0.2, 0.25) is 6.23 Å². The van der Waals surface area contributed by atoms with Crippen LogP contribution in [0.25, 0.3) is 0 Å². The third-order valence-corrected chi connectivity index (χ3v) is 2.12. The lowest BCUT2D eigenvalue weighted by atomic mass is 10.4. The van der Waals surface area contributed by atoms with Crippen LogP contribution in [-0.2, 0) is 4.74 Å². The van der Waals surface area contributed by atoms with Gasteiger partial charge in [-0.05, 0) is 13.0 Å². The highest BCUT2D eigenvalue weighted by atomic mass is 16.6. The minimum Gasteiger partial charge on any atom is -0.421 e. The average Bonchev–Trinajstić information content (AvgIpc) is 2.51. The van der Waals surface area contributed by atoms with Crippen molar-refractivity contribution in [2.45, 2.75) is 19.8 Å². The Morgan fingerprint density at radius 2 is 2.31 bits per heavy atom. The molecule has 1 aliphatic rings.